The summed E-state index contributed by atoms with van der Waals surface area (Å²) in [5.74, 6) is -0.175. The number of hydrogen-bond donors (Lipinski definition) is 0. The second-order valence-electron chi connectivity index (χ2n) is 9.61. The lowest BCUT2D eigenvalue weighted by molar-refractivity contribution is -0.188. The van der Waals surface area contributed by atoms with Crippen molar-refractivity contribution in [3.05, 3.63) is 24.3 Å². The molecule has 5 aliphatic carbocycles. The van der Waals surface area contributed by atoms with E-state index in [9.17, 15) is 13.8 Å². The van der Waals surface area contributed by atoms with Crippen LogP contribution < -0.4 is 0 Å². The molecule has 7 atom stereocenters. The molecule has 4 bridgehead atoms. The molecule has 5 nitrogen and oxygen atoms in total. The van der Waals surface area contributed by atoms with Gasteiger partial charge in [0.2, 0.25) is 0 Å². The molecule has 5 saturated carbocycles. The van der Waals surface area contributed by atoms with Gasteiger partial charge in [0.25, 0.3) is 0 Å². The number of fused-ring (bicyclic) bond motifs is 2. The first kappa shape index (κ1) is 18.0. The van der Waals surface area contributed by atoms with Gasteiger partial charge in [-0.2, -0.15) is 4.21 Å². The number of carbonyl (C=O) groups is 2. The van der Waals surface area contributed by atoms with E-state index in [4.69, 9.17) is 8.37 Å². The second kappa shape index (κ2) is 5.49. The molecular weight excluding hydrogens is 364 g/mol. The van der Waals surface area contributed by atoms with Crippen molar-refractivity contribution in [3.8, 4) is 0 Å². The summed E-state index contributed by atoms with van der Waals surface area (Å²) in [4.78, 5) is 27.0. The maximum absolute atomic E-state index is 13.7. The van der Waals surface area contributed by atoms with Crippen molar-refractivity contribution in [2.24, 2.45) is 34.0 Å². The minimum atomic E-state index is -1.79. The van der Waals surface area contributed by atoms with E-state index in [1.54, 1.807) is 0 Å². The van der Waals surface area contributed by atoms with Gasteiger partial charge >= 0.3 is 11.4 Å². The molecule has 6 heteroatoms. The molecule has 1 saturated heterocycles. The SMILES string of the molecule is C=C1C(=O)C23CC[C@@H](CC2[C@@]24CCC[C@@](C)(COS(=O)OC2)C14)C(=C)C3=O. The van der Waals surface area contributed by atoms with Crippen LogP contribution in [0.2, 0.25) is 0 Å². The molecule has 0 amide bonds. The van der Waals surface area contributed by atoms with Crippen molar-refractivity contribution in [1.29, 1.82) is 0 Å². The van der Waals surface area contributed by atoms with Gasteiger partial charge < -0.3 is 0 Å². The van der Waals surface area contributed by atoms with E-state index in [1.165, 1.54) is 0 Å². The molecule has 4 unspecified atom stereocenters. The Kier molecular flexibility index (Phi) is 3.65. The van der Waals surface area contributed by atoms with Crippen LogP contribution in [0.3, 0.4) is 0 Å². The van der Waals surface area contributed by atoms with Gasteiger partial charge in [-0.15, -0.1) is 0 Å². The van der Waals surface area contributed by atoms with E-state index < -0.39 is 16.8 Å². The number of Topliss-reactive ketones (excluding diaryl/α,β-unsaturated/α-hetero) is 2. The van der Waals surface area contributed by atoms with Gasteiger partial charge in [-0.3, -0.25) is 18.0 Å². The maximum atomic E-state index is 13.7. The topological polar surface area (TPSA) is 69.7 Å². The Labute approximate surface area is 162 Å². The van der Waals surface area contributed by atoms with Gasteiger partial charge in [0.05, 0.1) is 18.6 Å². The van der Waals surface area contributed by atoms with Gasteiger partial charge in [0, 0.05) is 11.3 Å². The summed E-state index contributed by atoms with van der Waals surface area (Å²) in [6.07, 6.45) is 4.98. The minimum absolute atomic E-state index is 0.0688. The molecule has 0 N–H and O–H groups in total. The highest BCUT2D eigenvalue weighted by molar-refractivity contribution is 7.75. The van der Waals surface area contributed by atoms with Crippen LogP contribution in [-0.4, -0.2) is 29.0 Å². The van der Waals surface area contributed by atoms with Crippen LogP contribution in [0.1, 0.15) is 45.4 Å². The van der Waals surface area contributed by atoms with E-state index in [0.29, 0.717) is 17.6 Å². The van der Waals surface area contributed by atoms with Gasteiger partial charge in [0.1, 0.15) is 0 Å². The summed E-state index contributed by atoms with van der Waals surface area (Å²) in [5.41, 5.74) is -0.557. The predicted molar refractivity (Wildman–Crippen MR) is 99.5 cm³/mol. The third-order valence-electron chi connectivity index (χ3n) is 8.50. The van der Waals surface area contributed by atoms with Gasteiger partial charge in [0.15, 0.2) is 11.6 Å². The van der Waals surface area contributed by atoms with E-state index in [2.05, 4.69) is 20.1 Å². The standard InChI is InChI=1S/C21H26O5S/c1-12-14-5-8-21(17(12)22)15(9-14)20-7-4-6-19(3,10-25-27(24)26-11-20)16(20)13(2)18(21)23/h14-16H,1-2,4-11H2,3H3/t14-,15?,16?,19-,20+,21?,27?/m0/s1. The Morgan fingerprint density at radius 3 is 2.52 bits per heavy atom. The number of ketones is 2. The summed E-state index contributed by atoms with van der Waals surface area (Å²) in [5, 5.41) is 0. The Morgan fingerprint density at radius 2 is 1.74 bits per heavy atom. The van der Waals surface area contributed by atoms with E-state index >= 15 is 0 Å². The molecule has 1 aliphatic heterocycles. The van der Waals surface area contributed by atoms with Crippen molar-refractivity contribution in [1.82, 2.24) is 0 Å². The van der Waals surface area contributed by atoms with E-state index in [0.717, 1.165) is 32.1 Å². The first-order valence-electron chi connectivity index (χ1n) is 9.92. The van der Waals surface area contributed by atoms with Crippen molar-refractivity contribution < 1.29 is 22.2 Å². The predicted octanol–water partition coefficient (Wildman–Crippen LogP) is 3.09. The Balaban J connectivity index is 1.74. The monoisotopic (exact) mass is 390 g/mol. The van der Waals surface area contributed by atoms with Crippen LogP contribution in [0.5, 0.6) is 0 Å². The van der Waals surface area contributed by atoms with Crippen molar-refractivity contribution >= 4 is 22.9 Å². The molecule has 0 aromatic rings. The lowest BCUT2D eigenvalue weighted by Gasteiger charge is -2.67. The quantitative estimate of drug-likeness (QED) is 0.470. The van der Waals surface area contributed by atoms with Crippen molar-refractivity contribution in [3.63, 3.8) is 0 Å². The molecule has 0 aromatic heterocycles. The number of rotatable bonds is 0. The third-order valence-corrected chi connectivity index (χ3v) is 9.12. The summed E-state index contributed by atoms with van der Waals surface area (Å²) < 4.78 is 23.2. The molecular formula is C21H26O5S. The van der Waals surface area contributed by atoms with Crippen LogP contribution in [0.4, 0.5) is 0 Å². The van der Waals surface area contributed by atoms with Gasteiger partial charge in [-0.05, 0) is 60.5 Å². The Bertz CT molecular complexity index is 817. The first-order valence-corrected chi connectivity index (χ1v) is 10.9. The lowest BCUT2D eigenvalue weighted by atomic mass is 9.35. The lowest BCUT2D eigenvalue weighted by Crippen LogP contribution is -2.70. The van der Waals surface area contributed by atoms with Crippen LogP contribution in [0.25, 0.3) is 0 Å². The Morgan fingerprint density at radius 1 is 1.04 bits per heavy atom. The van der Waals surface area contributed by atoms with Crippen LogP contribution >= 0.6 is 0 Å². The molecule has 146 valence electrons. The zero-order chi connectivity index (χ0) is 19.2. The molecule has 27 heavy (non-hydrogen) atoms. The molecule has 6 fully saturated rings. The number of allylic oxidation sites excluding steroid dienone is 2. The Hall–Kier alpha value is -1.11. The molecule has 6 rings (SSSR count). The van der Waals surface area contributed by atoms with Gasteiger partial charge in [-0.1, -0.05) is 26.5 Å². The summed E-state index contributed by atoms with van der Waals surface area (Å²) in [7, 11) is 0. The molecule has 1 heterocycles. The summed E-state index contributed by atoms with van der Waals surface area (Å²) in [6, 6.07) is 0. The highest BCUT2D eigenvalue weighted by Crippen LogP contribution is 2.71. The molecule has 0 radical (unpaired) electrons. The maximum Gasteiger partial charge on any atom is 0.304 e. The van der Waals surface area contributed by atoms with Crippen molar-refractivity contribution in [2.75, 3.05) is 13.2 Å². The number of hydrogen-bond acceptors (Lipinski definition) is 5. The normalized spacial score (nSPS) is 52.0. The van der Waals surface area contributed by atoms with Crippen LogP contribution in [-0.2, 0) is 29.3 Å². The van der Waals surface area contributed by atoms with Gasteiger partial charge in [-0.25, -0.2) is 0 Å². The number of carbonyl (C=O) groups excluding carboxylic acids is 2. The van der Waals surface area contributed by atoms with Crippen molar-refractivity contribution in [2.45, 2.75) is 45.4 Å². The van der Waals surface area contributed by atoms with E-state index in [-0.39, 0.29) is 53.4 Å². The first-order chi connectivity index (χ1) is 12.8. The largest absolute Gasteiger partial charge is 0.304 e. The zero-order valence-corrected chi connectivity index (χ0v) is 16.6. The molecule has 0 aromatic carbocycles. The van der Waals surface area contributed by atoms with Crippen LogP contribution in [0.15, 0.2) is 24.3 Å². The fourth-order valence-electron chi connectivity index (χ4n) is 7.49. The zero-order valence-electron chi connectivity index (χ0n) is 15.8. The fraction of sp³-hybridized carbons (Fsp3) is 0.714. The average Bonchev–Trinajstić information content (AvgIpc) is 2.66. The second-order valence-corrected chi connectivity index (χ2v) is 10.5. The molecule has 6 aliphatic rings. The molecule has 1 spiro atoms. The summed E-state index contributed by atoms with van der Waals surface area (Å²) in [6.45, 7) is 10.9. The highest BCUT2D eigenvalue weighted by atomic mass is 32.2. The minimum Gasteiger partial charge on any atom is -0.293 e. The fourth-order valence-corrected chi connectivity index (χ4v) is 8.24. The summed E-state index contributed by atoms with van der Waals surface area (Å²) >= 11 is -1.79. The highest BCUT2D eigenvalue weighted by Gasteiger charge is 2.73. The third kappa shape index (κ3) is 1.99. The van der Waals surface area contributed by atoms with E-state index in [1.807, 2.05) is 0 Å². The average molecular weight is 391 g/mol. The smallest absolute Gasteiger partial charge is 0.293 e. The van der Waals surface area contributed by atoms with Crippen LogP contribution in [0, 0.1) is 34.0 Å².